The first kappa shape index (κ1) is 35.9. The van der Waals surface area contributed by atoms with E-state index in [-0.39, 0.29) is 38.6 Å². The van der Waals surface area contributed by atoms with E-state index in [1.54, 1.807) is 18.5 Å². The van der Waals surface area contributed by atoms with Crippen molar-refractivity contribution in [3.63, 3.8) is 0 Å². The van der Waals surface area contributed by atoms with E-state index in [1.807, 2.05) is 41.2 Å². The smallest absolute Gasteiger partial charge is 0.330 e. The molecule has 0 amide bonds. The van der Waals surface area contributed by atoms with Gasteiger partial charge in [0, 0.05) is 27.1 Å². The monoisotopic (exact) mass is 668 g/mol. The van der Waals surface area contributed by atoms with E-state index in [0.29, 0.717) is 43.0 Å². The second-order valence-corrected chi connectivity index (χ2v) is 15.6. The minimum Gasteiger partial charge on any atom is -0.462 e. The normalized spacial score (nSPS) is 18.7. The number of carbonyl (C=O) groups is 2. The molecule has 1 aromatic carbocycles. The molecule has 0 radical (unpaired) electrons. The molecular formula is C29H41N4O8PS2+2. The van der Waals surface area contributed by atoms with Gasteiger partial charge in [-0.1, -0.05) is 59.0 Å². The third-order valence-electron chi connectivity index (χ3n) is 7.17. The van der Waals surface area contributed by atoms with Gasteiger partial charge in [0.15, 0.2) is 13.2 Å². The molecule has 3 atom stereocenters. The van der Waals surface area contributed by atoms with Crippen molar-refractivity contribution < 1.29 is 46.8 Å². The van der Waals surface area contributed by atoms with Crippen LogP contribution in [-0.4, -0.2) is 102 Å². The van der Waals surface area contributed by atoms with Crippen LogP contribution in [0.3, 0.4) is 0 Å². The number of thioether (sulfide) groups is 1. The first-order valence-corrected chi connectivity index (χ1v) is 17.3. The average molecular weight is 669 g/mol. The number of hydrogen-bond donors (Lipinski definition) is 0. The maximum absolute atomic E-state index is 13.3. The third kappa shape index (κ3) is 11.4. The second kappa shape index (κ2) is 16.7. The number of nitriles is 1. The van der Waals surface area contributed by atoms with Gasteiger partial charge >= 0.3 is 19.5 Å². The van der Waals surface area contributed by atoms with Gasteiger partial charge in [-0.15, -0.1) is 0 Å². The highest BCUT2D eigenvalue weighted by molar-refractivity contribution is 8.25. The van der Waals surface area contributed by atoms with Crippen molar-refractivity contribution >= 4 is 53.9 Å². The molecule has 0 bridgehead atoms. The summed E-state index contributed by atoms with van der Waals surface area (Å²) in [6, 6.07) is 11.7. The van der Waals surface area contributed by atoms with Gasteiger partial charge in [-0.3, -0.25) is 14.2 Å². The van der Waals surface area contributed by atoms with Crippen LogP contribution >= 0.6 is 31.6 Å². The summed E-state index contributed by atoms with van der Waals surface area (Å²) in [6.45, 7) is 5.79. The highest BCUT2D eigenvalue weighted by atomic mass is 32.2. The number of carbonyl (C=O) groups excluding carboxylic acids is 2. The summed E-state index contributed by atoms with van der Waals surface area (Å²) in [5.41, 5.74) is -0.233. The van der Waals surface area contributed by atoms with Crippen LogP contribution in [0.25, 0.3) is 0 Å². The van der Waals surface area contributed by atoms with Gasteiger partial charge in [0.25, 0.3) is 11.8 Å². The lowest BCUT2D eigenvalue weighted by Gasteiger charge is -2.33. The first-order valence-electron chi connectivity index (χ1n) is 14.3. The number of epoxide rings is 1. The lowest BCUT2D eigenvalue weighted by Crippen LogP contribution is -2.40. The molecule has 2 heterocycles. The number of hydrogen-bond acceptors (Lipinski definition) is 12. The van der Waals surface area contributed by atoms with Crippen molar-refractivity contribution in [3.8, 4) is 6.07 Å². The summed E-state index contributed by atoms with van der Waals surface area (Å²) in [6.07, 6.45) is 2.96. The maximum atomic E-state index is 13.3. The van der Waals surface area contributed by atoms with E-state index in [0.717, 1.165) is 5.56 Å². The van der Waals surface area contributed by atoms with Crippen molar-refractivity contribution in [2.75, 3.05) is 59.8 Å². The molecule has 1 aromatic rings. The molecule has 1 saturated heterocycles. The Morgan fingerprint density at radius 1 is 1.20 bits per heavy atom. The quantitative estimate of drug-likeness (QED) is 0.0681. The predicted molar refractivity (Wildman–Crippen MR) is 168 cm³/mol. The summed E-state index contributed by atoms with van der Waals surface area (Å²) in [5.74, 6) is -0.925. The highest BCUT2D eigenvalue weighted by Gasteiger charge is 2.45. The fourth-order valence-corrected chi connectivity index (χ4v) is 7.43. The molecule has 44 heavy (non-hydrogen) atoms. The van der Waals surface area contributed by atoms with Gasteiger partial charge in [-0.25, -0.2) is 0 Å². The number of esters is 2. The van der Waals surface area contributed by atoms with Gasteiger partial charge in [-0.05, 0) is 36.9 Å². The first-order chi connectivity index (χ1) is 20.9. The summed E-state index contributed by atoms with van der Waals surface area (Å²) < 4.78 is 41.1. The topological polar surface area (TPSA) is 143 Å². The van der Waals surface area contributed by atoms with Gasteiger partial charge in [0.1, 0.15) is 17.5 Å². The molecule has 3 unspecified atom stereocenters. The Hall–Kier alpha value is -2.53. The molecule has 240 valence electrons. The van der Waals surface area contributed by atoms with Crippen LogP contribution in [0.15, 0.2) is 35.6 Å². The second-order valence-electron chi connectivity index (χ2n) is 11.0. The Balaban J connectivity index is 1.49. The van der Waals surface area contributed by atoms with Crippen LogP contribution < -0.4 is 0 Å². The predicted octanol–water partition coefficient (Wildman–Crippen LogP) is 4.39. The summed E-state index contributed by atoms with van der Waals surface area (Å²) in [4.78, 5) is 25.9. The zero-order valence-electron chi connectivity index (χ0n) is 25.6. The zero-order chi connectivity index (χ0) is 32.2. The van der Waals surface area contributed by atoms with Crippen LogP contribution in [-0.2, 0) is 37.4 Å². The highest BCUT2D eigenvalue weighted by Crippen LogP contribution is 2.46. The lowest BCUT2D eigenvalue weighted by molar-refractivity contribution is -0.692. The fourth-order valence-electron chi connectivity index (χ4n) is 4.50. The Morgan fingerprint density at radius 3 is 2.55 bits per heavy atom. The molecule has 0 N–H and O–H groups in total. The molecule has 2 aliphatic heterocycles. The molecule has 0 spiro atoms. The van der Waals surface area contributed by atoms with E-state index in [4.69, 9.17) is 35.5 Å². The Kier molecular flexibility index (Phi) is 13.6. The molecule has 3 rings (SSSR count). The number of ether oxygens (including phenoxy) is 3. The Morgan fingerprint density at radius 2 is 1.91 bits per heavy atom. The standard InChI is InChI=1S/C29H41N4O8PS2/c1-28(22-30,21-29(2,27(35)41-20-24-19-40-24)44-26(43)23-9-6-5-7-10-23)12-11-25(34)39-17-16-33-15-14-32(31-33)13-8-18-42(36,37-3)38-4/h5-7,9-10,15,24H,8,11-14,16-21H2,1-4H3/q+2. The molecule has 2 aliphatic rings. The molecule has 0 saturated carbocycles. The van der Waals surface area contributed by atoms with Crippen LogP contribution in [0.5, 0.6) is 0 Å². The van der Waals surface area contributed by atoms with Crippen molar-refractivity contribution in [3.05, 3.63) is 35.9 Å². The van der Waals surface area contributed by atoms with Gasteiger partial charge in [0.05, 0.1) is 28.4 Å². The largest absolute Gasteiger partial charge is 0.462 e. The molecule has 0 aromatic heterocycles. The van der Waals surface area contributed by atoms with E-state index in [1.165, 1.54) is 26.0 Å². The summed E-state index contributed by atoms with van der Waals surface area (Å²) in [7, 11) is -0.318. The van der Waals surface area contributed by atoms with Crippen molar-refractivity contribution in [2.24, 2.45) is 10.6 Å². The van der Waals surface area contributed by atoms with Crippen molar-refractivity contribution in [2.45, 2.75) is 50.4 Å². The SMILES string of the molecule is COP(=O)(CCC[N+]1=N[N+](CCOC(=O)CCC(C)(C#N)CC(C)(SC(=S)c2ccccc2)C(=O)OCC2CO2)=CC1)OC. The van der Waals surface area contributed by atoms with E-state index in [2.05, 4.69) is 11.3 Å². The van der Waals surface area contributed by atoms with Gasteiger partial charge < -0.3 is 23.3 Å². The third-order valence-corrected chi connectivity index (χ3v) is 10.8. The molecular weight excluding hydrogens is 627 g/mol. The van der Waals surface area contributed by atoms with E-state index >= 15 is 0 Å². The number of rotatable bonds is 19. The number of thiocarbonyl (C=S) groups is 1. The Labute approximate surface area is 268 Å². The van der Waals surface area contributed by atoms with Crippen LogP contribution in [0.2, 0.25) is 0 Å². The average Bonchev–Trinajstić information content (AvgIpc) is 3.75. The maximum Gasteiger partial charge on any atom is 0.330 e. The summed E-state index contributed by atoms with van der Waals surface area (Å²) >= 11 is 6.84. The van der Waals surface area contributed by atoms with Crippen LogP contribution in [0, 0.1) is 16.7 Å². The van der Waals surface area contributed by atoms with Crippen LogP contribution in [0.1, 0.15) is 45.1 Å². The van der Waals surface area contributed by atoms with Gasteiger partial charge in [-0.2, -0.15) is 5.26 Å². The van der Waals surface area contributed by atoms with E-state index in [9.17, 15) is 19.4 Å². The molecule has 15 heteroatoms. The summed E-state index contributed by atoms with van der Waals surface area (Å²) in [5, 5.41) is 14.6. The Bertz CT molecular complexity index is 1330. The fraction of sp³-hybridized carbons (Fsp3) is 0.621. The number of benzene rings is 1. The van der Waals surface area contributed by atoms with Crippen molar-refractivity contribution in [1.82, 2.24) is 0 Å². The van der Waals surface area contributed by atoms with E-state index < -0.39 is 29.7 Å². The van der Waals surface area contributed by atoms with Crippen molar-refractivity contribution in [1.29, 1.82) is 5.26 Å². The molecule has 0 aliphatic carbocycles. The van der Waals surface area contributed by atoms with Crippen LogP contribution in [0.4, 0.5) is 0 Å². The molecule has 12 nitrogen and oxygen atoms in total. The number of nitrogens with zero attached hydrogens (tertiary/aromatic N) is 4. The van der Waals surface area contributed by atoms with Gasteiger partial charge in [0.2, 0.25) is 12.8 Å². The minimum atomic E-state index is -3.05. The lowest BCUT2D eigenvalue weighted by atomic mass is 9.78. The molecule has 1 fully saturated rings. The zero-order valence-corrected chi connectivity index (χ0v) is 28.2. The minimum absolute atomic E-state index is 0.00490.